The summed E-state index contributed by atoms with van der Waals surface area (Å²) in [6, 6.07) is 11.4. The summed E-state index contributed by atoms with van der Waals surface area (Å²) in [6.07, 6.45) is 9.48. The molecule has 1 fully saturated rings. The van der Waals surface area contributed by atoms with Crippen molar-refractivity contribution in [3.05, 3.63) is 59.3 Å². The lowest BCUT2D eigenvalue weighted by Crippen LogP contribution is -2.50. The Balaban J connectivity index is 1.34. The summed E-state index contributed by atoms with van der Waals surface area (Å²) in [6.45, 7) is 1.08. The Hall–Kier alpha value is -3.48. The minimum absolute atomic E-state index is 0.0334. The summed E-state index contributed by atoms with van der Waals surface area (Å²) in [5.74, 6) is 1.92. The number of ether oxygens (including phenoxy) is 2. The Morgan fingerprint density at radius 1 is 1.08 bits per heavy atom. The van der Waals surface area contributed by atoms with Crippen LogP contribution in [0.1, 0.15) is 55.2 Å². The zero-order valence-electron chi connectivity index (χ0n) is 21.8. The maximum absolute atomic E-state index is 13.9. The van der Waals surface area contributed by atoms with Gasteiger partial charge in [-0.1, -0.05) is 43.9 Å². The summed E-state index contributed by atoms with van der Waals surface area (Å²) >= 11 is 0. The van der Waals surface area contributed by atoms with E-state index in [1.807, 2.05) is 41.4 Å². The lowest BCUT2D eigenvalue weighted by atomic mass is 9.97. The lowest BCUT2D eigenvalue weighted by molar-refractivity contribution is -0.137. The molecule has 1 aromatic heterocycles. The fourth-order valence-electron chi connectivity index (χ4n) is 5.91. The first-order valence-electron chi connectivity index (χ1n) is 13.4. The van der Waals surface area contributed by atoms with Gasteiger partial charge in [0.25, 0.3) is 0 Å². The van der Waals surface area contributed by atoms with Crippen molar-refractivity contribution in [2.75, 3.05) is 20.8 Å². The minimum Gasteiger partial charge on any atom is -0.493 e. The first-order valence-corrected chi connectivity index (χ1v) is 13.4. The number of nitrogens with zero attached hydrogens (tertiary/aromatic N) is 1. The molecule has 196 valence electrons. The number of rotatable bonds is 9. The van der Waals surface area contributed by atoms with Gasteiger partial charge in [0.2, 0.25) is 11.8 Å². The van der Waals surface area contributed by atoms with E-state index in [-0.39, 0.29) is 11.8 Å². The molecule has 2 amide bonds. The van der Waals surface area contributed by atoms with Crippen molar-refractivity contribution in [2.45, 2.75) is 64.0 Å². The smallest absolute Gasteiger partial charge is 0.245 e. The van der Waals surface area contributed by atoms with Crippen molar-refractivity contribution in [3.8, 4) is 11.5 Å². The van der Waals surface area contributed by atoms with Gasteiger partial charge in [0.05, 0.1) is 14.2 Å². The van der Waals surface area contributed by atoms with Crippen LogP contribution in [0.25, 0.3) is 10.9 Å². The van der Waals surface area contributed by atoms with Crippen molar-refractivity contribution < 1.29 is 19.1 Å². The predicted molar refractivity (Wildman–Crippen MR) is 144 cm³/mol. The predicted octanol–water partition coefficient (Wildman–Crippen LogP) is 4.77. The maximum Gasteiger partial charge on any atom is 0.245 e. The van der Waals surface area contributed by atoms with E-state index >= 15 is 0 Å². The van der Waals surface area contributed by atoms with Gasteiger partial charge in [0.15, 0.2) is 11.5 Å². The maximum atomic E-state index is 13.9. The van der Waals surface area contributed by atoms with Gasteiger partial charge in [0, 0.05) is 43.0 Å². The average Bonchev–Trinajstić information content (AvgIpc) is 3.60. The average molecular weight is 504 g/mol. The Labute approximate surface area is 218 Å². The molecule has 0 bridgehead atoms. The molecule has 37 heavy (non-hydrogen) atoms. The van der Waals surface area contributed by atoms with Gasteiger partial charge >= 0.3 is 0 Å². The summed E-state index contributed by atoms with van der Waals surface area (Å²) in [7, 11) is 3.25. The quantitative estimate of drug-likeness (QED) is 0.441. The van der Waals surface area contributed by atoms with Crippen LogP contribution in [-0.2, 0) is 29.0 Å². The van der Waals surface area contributed by atoms with Crippen LogP contribution < -0.4 is 14.8 Å². The molecule has 2 heterocycles. The SMILES string of the molecule is COc1cc2c(cc1OC)CN(C(=O)C(Cc1c[nH]c3ccccc13)NC(=O)CCC1CCCC1)CC2. The topological polar surface area (TPSA) is 83.7 Å². The molecule has 7 nitrogen and oxygen atoms in total. The molecule has 5 rings (SSSR count). The normalized spacial score (nSPS) is 16.4. The second-order valence-electron chi connectivity index (χ2n) is 10.4. The third-order valence-electron chi connectivity index (χ3n) is 8.02. The molecular formula is C30H37N3O4. The number of para-hydroxylation sites is 1. The molecule has 2 N–H and O–H groups in total. The van der Waals surface area contributed by atoms with Gasteiger partial charge in [-0.15, -0.1) is 0 Å². The molecule has 0 saturated heterocycles. The van der Waals surface area contributed by atoms with Crippen molar-refractivity contribution in [1.82, 2.24) is 15.2 Å². The van der Waals surface area contributed by atoms with Crippen molar-refractivity contribution in [3.63, 3.8) is 0 Å². The second-order valence-corrected chi connectivity index (χ2v) is 10.4. The first kappa shape index (κ1) is 25.2. The molecule has 7 heteroatoms. The summed E-state index contributed by atoms with van der Waals surface area (Å²) < 4.78 is 10.9. The number of aromatic amines is 1. The molecule has 2 aliphatic rings. The number of aromatic nitrogens is 1. The van der Waals surface area contributed by atoms with Crippen molar-refractivity contribution >= 4 is 22.7 Å². The number of H-pyrrole nitrogens is 1. The molecule has 1 aliphatic carbocycles. The van der Waals surface area contributed by atoms with E-state index in [9.17, 15) is 9.59 Å². The first-order chi connectivity index (χ1) is 18.1. The highest BCUT2D eigenvalue weighted by Gasteiger charge is 2.30. The number of methoxy groups -OCH3 is 2. The van der Waals surface area contributed by atoms with Crippen LogP contribution in [0.5, 0.6) is 11.5 Å². The number of nitrogens with one attached hydrogen (secondary N) is 2. The minimum atomic E-state index is -0.614. The number of amides is 2. The van der Waals surface area contributed by atoms with Crippen LogP contribution in [0.3, 0.4) is 0 Å². The molecule has 1 saturated carbocycles. The molecule has 3 aromatic rings. The second kappa shape index (κ2) is 11.3. The molecule has 1 unspecified atom stereocenters. The van der Waals surface area contributed by atoms with Crippen molar-refractivity contribution in [2.24, 2.45) is 5.92 Å². The van der Waals surface area contributed by atoms with E-state index < -0.39 is 6.04 Å². The van der Waals surface area contributed by atoms with Crippen LogP contribution in [-0.4, -0.2) is 48.5 Å². The molecule has 0 radical (unpaired) electrons. The van der Waals surface area contributed by atoms with E-state index in [0.29, 0.717) is 43.3 Å². The Kier molecular flexibility index (Phi) is 7.68. The fraction of sp³-hybridized carbons (Fsp3) is 0.467. The van der Waals surface area contributed by atoms with Gasteiger partial charge in [-0.05, 0) is 53.6 Å². The van der Waals surface area contributed by atoms with Gasteiger partial charge in [0.1, 0.15) is 6.04 Å². The van der Waals surface area contributed by atoms with Gasteiger partial charge in [-0.2, -0.15) is 0 Å². The van der Waals surface area contributed by atoms with E-state index in [4.69, 9.17) is 9.47 Å². The summed E-state index contributed by atoms with van der Waals surface area (Å²) in [5, 5.41) is 4.20. The molecule has 1 atom stereocenters. The van der Waals surface area contributed by atoms with Gasteiger partial charge in [-0.25, -0.2) is 0 Å². The van der Waals surface area contributed by atoms with Crippen LogP contribution in [0.15, 0.2) is 42.6 Å². The lowest BCUT2D eigenvalue weighted by Gasteiger charge is -2.32. The fourth-order valence-corrected chi connectivity index (χ4v) is 5.91. The van der Waals surface area contributed by atoms with E-state index in [2.05, 4.69) is 16.4 Å². The van der Waals surface area contributed by atoms with Gasteiger partial charge < -0.3 is 24.7 Å². The monoisotopic (exact) mass is 503 g/mol. The highest BCUT2D eigenvalue weighted by molar-refractivity contribution is 5.90. The van der Waals surface area contributed by atoms with Crippen LogP contribution in [0.2, 0.25) is 0 Å². The third-order valence-corrected chi connectivity index (χ3v) is 8.02. The summed E-state index contributed by atoms with van der Waals surface area (Å²) in [4.78, 5) is 32.1. The zero-order valence-corrected chi connectivity index (χ0v) is 21.8. The number of carbonyl (C=O) groups excluding carboxylic acids is 2. The van der Waals surface area contributed by atoms with Crippen molar-refractivity contribution in [1.29, 1.82) is 0 Å². The molecular weight excluding hydrogens is 466 g/mol. The largest absolute Gasteiger partial charge is 0.493 e. The van der Waals surface area contributed by atoms with E-state index in [1.54, 1.807) is 14.2 Å². The highest BCUT2D eigenvalue weighted by atomic mass is 16.5. The third kappa shape index (κ3) is 5.60. The number of fused-ring (bicyclic) bond motifs is 2. The zero-order chi connectivity index (χ0) is 25.8. The van der Waals surface area contributed by atoms with E-state index in [1.165, 1.54) is 25.7 Å². The molecule has 2 aromatic carbocycles. The van der Waals surface area contributed by atoms with E-state index in [0.717, 1.165) is 40.4 Å². The van der Waals surface area contributed by atoms with Gasteiger partial charge in [-0.3, -0.25) is 9.59 Å². The number of hydrogen-bond acceptors (Lipinski definition) is 4. The van der Waals surface area contributed by atoms with Crippen LogP contribution in [0, 0.1) is 5.92 Å². The van der Waals surface area contributed by atoms with Crippen LogP contribution >= 0.6 is 0 Å². The number of benzene rings is 2. The Bertz CT molecular complexity index is 1260. The summed E-state index contributed by atoms with van der Waals surface area (Å²) in [5.41, 5.74) is 4.28. The molecule has 0 spiro atoms. The Morgan fingerprint density at radius 2 is 1.81 bits per heavy atom. The Morgan fingerprint density at radius 3 is 2.57 bits per heavy atom. The standard InChI is InChI=1S/C30H37N3O4/c1-36-27-16-21-13-14-33(19-23(21)17-28(27)37-2)30(35)26(32-29(34)12-11-20-7-3-4-8-20)15-22-18-31-25-10-6-5-9-24(22)25/h5-6,9-10,16-18,20,26,31H,3-4,7-8,11-15,19H2,1-2H3,(H,32,34). The van der Waals surface area contributed by atoms with Crippen LogP contribution in [0.4, 0.5) is 0 Å². The number of carbonyl (C=O) groups is 2. The number of hydrogen-bond donors (Lipinski definition) is 2. The highest BCUT2D eigenvalue weighted by Crippen LogP contribution is 2.33. The molecule has 1 aliphatic heterocycles.